The predicted octanol–water partition coefficient (Wildman–Crippen LogP) is 5.29. The molecule has 0 radical (unpaired) electrons. The zero-order valence-electron chi connectivity index (χ0n) is 17.6. The maximum Gasteiger partial charge on any atom is 0.345 e. The van der Waals surface area contributed by atoms with E-state index in [-0.39, 0.29) is 17.2 Å². The Labute approximate surface area is 204 Å². The lowest BCUT2D eigenvalue weighted by Gasteiger charge is -2.07. The number of hydrogen-bond donors (Lipinski definition) is 1. The molecule has 170 valence electrons. The summed E-state index contributed by atoms with van der Waals surface area (Å²) in [5.41, 5.74) is 3.98. The Hall–Kier alpha value is -3.94. The Morgan fingerprint density at radius 3 is 2.59 bits per heavy atom. The van der Waals surface area contributed by atoms with Gasteiger partial charge in [0.15, 0.2) is 6.61 Å². The molecule has 4 aromatic rings. The summed E-state index contributed by atoms with van der Waals surface area (Å²) >= 11 is 11.9. The Balaban J connectivity index is 1.28. The SMILES string of the molecule is O=C(COc1cccc2cccnc12)N/N=C\c1ccc(OC(=O)c2ccc(Cl)cc2Cl)cc1. The number of nitrogens with zero attached hydrogens (tertiary/aromatic N) is 2. The van der Waals surface area contributed by atoms with Gasteiger partial charge in [-0.25, -0.2) is 10.2 Å². The first kappa shape index (κ1) is 23.2. The number of aromatic nitrogens is 1. The van der Waals surface area contributed by atoms with Crippen molar-refractivity contribution in [3.05, 3.63) is 100 Å². The van der Waals surface area contributed by atoms with E-state index >= 15 is 0 Å². The first-order valence-electron chi connectivity index (χ1n) is 10.1. The number of nitrogens with one attached hydrogen (secondary N) is 1. The van der Waals surface area contributed by atoms with Crippen LogP contribution >= 0.6 is 23.2 Å². The van der Waals surface area contributed by atoms with Gasteiger partial charge < -0.3 is 9.47 Å². The summed E-state index contributed by atoms with van der Waals surface area (Å²) < 4.78 is 10.9. The van der Waals surface area contributed by atoms with Gasteiger partial charge in [-0.3, -0.25) is 9.78 Å². The average molecular weight is 494 g/mol. The van der Waals surface area contributed by atoms with Crippen LogP contribution in [0.2, 0.25) is 10.0 Å². The highest BCUT2D eigenvalue weighted by Gasteiger charge is 2.13. The van der Waals surface area contributed by atoms with E-state index in [0.717, 1.165) is 5.39 Å². The van der Waals surface area contributed by atoms with Crippen molar-refractivity contribution >= 4 is 52.2 Å². The van der Waals surface area contributed by atoms with Crippen molar-refractivity contribution in [3.8, 4) is 11.5 Å². The van der Waals surface area contributed by atoms with Crippen molar-refractivity contribution in [1.29, 1.82) is 0 Å². The molecule has 3 aromatic carbocycles. The molecule has 1 N–H and O–H groups in total. The lowest BCUT2D eigenvalue weighted by molar-refractivity contribution is -0.123. The summed E-state index contributed by atoms with van der Waals surface area (Å²) in [6, 6.07) is 20.3. The highest BCUT2D eigenvalue weighted by molar-refractivity contribution is 6.36. The van der Waals surface area contributed by atoms with Gasteiger partial charge in [-0.05, 0) is 60.2 Å². The third-order valence-corrected chi connectivity index (χ3v) is 5.15. The van der Waals surface area contributed by atoms with Gasteiger partial charge in [0.2, 0.25) is 0 Å². The molecule has 0 unspecified atom stereocenters. The molecule has 0 spiro atoms. The lowest BCUT2D eigenvalue weighted by Crippen LogP contribution is -2.24. The smallest absolute Gasteiger partial charge is 0.345 e. The topological polar surface area (TPSA) is 89.9 Å². The van der Waals surface area contributed by atoms with Gasteiger partial charge in [-0.2, -0.15) is 5.10 Å². The lowest BCUT2D eigenvalue weighted by atomic mass is 10.2. The number of fused-ring (bicyclic) bond motifs is 1. The number of carbonyl (C=O) groups is 2. The summed E-state index contributed by atoms with van der Waals surface area (Å²) in [7, 11) is 0. The summed E-state index contributed by atoms with van der Waals surface area (Å²) in [6.45, 7) is -0.213. The molecule has 0 atom stereocenters. The van der Waals surface area contributed by atoms with Crippen molar-refractivity contribution < 1.29 is 19.1 Å². The highest BCUT2D eigenvalue weighted by Crippen LogP contribution is 2.24. The van der Waals surface area contributed by atoms with E-state index in [1.165, 1.54) is 18.3 Å². The van der Waals surface area contributed by atoms with E-state index < -0.39 is 11.9 Å². The van der Waals surface area contributed by atoms with E-state index in [1.807, 2.05) is 24.3 Å². The Bertz CT molecular complexity index is 1370. The number of carbonyl (C=O) groups excluding carboxylic acids is 2. The minimum Gasteiger partial charge on any atom is -0.481 e. The Kier molecular flexibility index (Phi) is 7.37. The van der Waals surface area contributed by atoms with Crippen LogP contribution in [-0.4, -0.2) is 29.7 Å². The monoisotopic (exact) mass is 493 g/mol. The summed E-state index contributed by atoms with van der Waals surface area (Å²) in [5.74, 6) is -0.178. The molecule has 0 saturated heterocycles. The average Bonchev–Trinajstić information content (AvgIpc) is 2.83. The van der Waals surface area contributed by atoms with Crippen LogP contribution in [-0.2, 0) is 4.79 Å². The standard InChI is InChI=1S/C25H17Cl2N3O4/c26-18-8-11-20(21(27)13-18)25(32)34-19-9-6-16(7-10-19)14-29-30-23(31)15-33-22-5-1-3-17-4-2-12-28-24(17)22/h1-14H,15H2,(H,30,31)/b29-14-. The highest BCUT2D eigenvalue weighted by atomic mass is 35.5. The number of amides is 1. The number of ether oxygens (including phenoxy) is 2. The van der Waals surface area contributed by atoms with Gasteiger partial charge in [-0.1, -0.05) is 41.4 Å². The number of para-hydroxylation sites is 1. The maximum atomic E-state index is 12.3. The summed E-state index contributed by atoms with van der Waals surface area (Å²) in [4.78, 5) is 28.6. The van der Waals surface area contributed by atoms with Gasteiger partial charge in [0.1, 0.15) is 17.0 Å². The quantitative estimate of drug-likeness (QED) is 0.163. The van der Waals surface area contributed by atoms with Gasteiger partial charge >= 0.3 is 5.97 Å². The van der Waals surface area contributed by atoms with Crippen LogP contribution in [0, 0.1) is 0 Å². The predicted molar refractivity (Wildman–Crippen MR) is 131 cm³/mol. The second-order valence-electron chi connectivity index (χ2n) is 7.00. The number of rotatable bonds is 7. The summed E-state index contributed by atoms with van der Waals surface area (Å²) in [5, 5.41) is 5.47. The van der Waals surface area contributed by atoms with Crippen LogP contribution in [0.5, 0.6) is 11.5 Å². The van der Waals surface area contributed by atoms with Crippen LogP contribution in [0.15, 0.2) is 84.1 Å². The molecule has 1 aromatic heterocycles. The van der Waals surface area contributed by atoms with Gasteiger partial charge in [0.05, 0.1) is 16.8 Å². The van der Waals surface area contributed by atoms with E-state index in [2.05, 4.69) is 15.5 Å². The second-order valence-corrected chi connectivity index (χ2v) is 7.84. The van der Waals surface area contributed by atoms with Crippen LogP contribution in [0.3, 0.4) is 0 Å². The van der Waals surface area contributed by atoms with Crippen molar-refractivity contribution in [2.75, 3.05) is 6.61 Å². The molecule has 34 heavy (non-hydrogen) atoms. The fourth-order valence-electron chi connectivity index (χ4n) is 2.99. The molecule has 1 heterocycles. The van der Waals surface area contributed by atoms with Crippen LogP contribution in [0.4, 0.5) is 0 Å². The third kappa shape index (κ3) is 5.89. The minimum absolute atomic E-state index is 0.206. The Morgan fingerprint density at radius 2 is 1.79 bits per heavy atom. The molecule has 0 aliphatic heterocycles. The van der Waals surface area contributed by atoms with Crippen LogP contribution in [0.1, 0.15) is 15.9 Å². The first-order chi connectivity index (χ1) is 16.5. The number of benzene rings is 3. The van der Waals surface area contributed by atoms with Crippen LogP contribution < -0.4 is 14.9 Å². The molecule has 0 bridgehead atoms. The van der Waals surface area contributed by atoms with E-state index in [9.17, 15) is 9.59 Å². The maximum absolute atomic E-state index is 12.3. The molecule has 1 amide bonds. The third-order valence-electron chi connectivity index (χ3n) is 4.60. The molecular formula is C25H17Cl2N3O4. The second kappa shape index (κ2) is 10.8. The van der Waals surface area contributed by atoms with E-state index in [1.54, 1.807) is 42.6 Å². The molecule has 0 fully saturated rings. The fraction of sp³-hybridized carbons (Fsp3) is 0.0400. The van der Waals surface area contributed by atoms with Gasteiger partial charge in [-0.15, -0.1) is 0 Å². The number of hydrazone groups is 1. The zero-order valence-corrected chi connectivity index (χ0v) is 19.1. The fourth-order valence-corrected chi connectivity index (χ4v) is 3.47. The van der Waals surface area contributed by atoms with Crippen molar-refractivity contribution in [2.45, 2.75) is 0 Å². The van der Waals surface area contributed by atoms with Crippen molar-refractivity contribution in [3.63, 3.8) is 0 Å². The normalized spacial score (nSPS) is 10.9. The summed E-state index contributed by atoms with van der Waals surface area (Å²) in [6.07, 6.45) is 3.12. The number of esters is 1. The molecule has 7 nitrogen and oxygen atoms in total. The minimum atomic E-state index is -0.600. The number of hydrogen-bond acceptors (Lipinski definition) is 6. The van der Waals surface area contributed by atoms with Crippen molar-refractivity contribution in [1.82, 2.24) is 10.4 Å². The van der Waals surface area contributed by atoms with Crippen molar-refractivity contribution in [2.24, 2.45) is 5.10 Å². The molecule has 9 heteroatoms. The molecule has 4 rings (SSSR count). The van der Waals surface area contributed by atoms with Gasteiger partial charge in [0.25, 0.3) is 5.91 Å². The largest absolute Gasteiger partial charge is 0.481 e. The molecule has 0 aliphatic rings. The Morgan fingerprint density at radius 1 is 1.00 bits per heavy atom. The molecule has 0 saturated carbocycles. The first-order valence-corrected chi connectivity index (χ1v) is 10.8. The van der Waals surface area contributed by atoms with E-state index in [0.29, 0.717) is 27.6 Å². The zero-order chi connectivity index (χ0) is 23.9. The molecular weight excluding hydrogens is 477 g/mol. The van der Waals surface area contributed by atoms with E-state index in [4.69, 9.17) is 32.7 Å². The van der Waals surface area contributed by atoms with Crippen LogP contribution in [0.25, 0.3) is 10.9 Å². The number of pyridine rings is 1. The van der Waals surface area contributed by atoms with Gasteiger partial charge in [0, 0.05) is 16.6 Å². The molecule has 0 aliphatic carbocycles. The number of halogens is 2.